The lowest BCUT2D eigenvalue weighted by atomic mass is 9.99. The Morgan fingerprint density at radius 1 is 0.333 bits per heavy atom. The maximum absolute atomic E-state index is 6.34. The van der Waals surface area contributed by atoms with Crippen LogP contribution in [0.4, 0.5) is 0 Å². The summed E-state index contributed by atoms with van der Waals surface area (Å²) < 4.78 is 11.2. The third kappa shape index (κ3) is 4.87. The van der Waals surface area contributed by atoms with Crippen LogP contribution in [0.2, 0.25) is 0 Å². The van der Waals surface area contributed by atoms with Gasteiger partial charge >= 0.3 is 0 Å². The van der Waals surface area contributed by atoms with E-state index in [0.29, 0.717) is 5.82 Å². The molecule has 14 aromatic rings. The molecule has 63 heavy (non-hydrogen) atoms. The average molecular weight is 803 g/mol. The van der Waals surface area contributed by atoms with Crippen LogP contribution in [0, 0.1) is 0 Å². The van der Waals surface area contributed by atoms with E-state index >= 15 is 0 Å². The monoisotopic (exact) mass is 802 g/mol. The first-order valence-electron chi connectivity index (χ1n) is 21.4. The minimum atomic E-state index is 0.681. The summed E-state index contributed by atoms with van der Waals surface area (Å²) in [5, 5.41) is 12.7. The predicted molar refractivity (Wildman–Crippen MR) is 261 cm³/mol. The van der Waals surface area contributed by atoms with Gasteiger partial charge in [-0.25, -0.2) is 9.97 Å². The van der Waals surface area contributed by atoms with Gasteiger partial charge in [0.05, 0.1) is 44.7 Å². The Balaban J connectivity index is 1.02. The fourth-order valence-electron chi connectivity index (χ4n) is 10.4. The van der Waals surface area contributed by atoms with Crippen LogP contribution in [0.5, 0.6) is 0 Å². The zero-order valence-electron chi connectivity index (χ0n) is 33.8. The van der Waals surface area contributed by atoms with Gasteiger partial charge in [-0.1, -0.05) is 146 Å². The van der Waals surface area contributed by atoms with Gasteiger partial charge in [0.25, 0.3) is 0 Å². The van der Waals surface area contributed by atoms with Crippen molar-refractivity contribution in [2.75, 3.05) is 0 Å². The zero-order valence-corrected chi connectivity index (χ0v) is 33.8. The van der Waals surface area contributed by atoms with Crippen LogP contribution in [0.3, 0.4) is 0 Å². The SMILES string of the molecule is c1cc(-n2c3ccccc3c3ccccc32)c2cc3c(cc2c1)c1ccccc1n3-c1cccc2c(-c3nc(-c4cccc5oc6ccccc6c45)c4ccccc4n3)cccc12. The summed E-state index contributed by atoms with van der Waals surface area (Å²) >= 11 is 0. The second-order valence-electron chi connectivity index (χ2n) is 16.5. The number of aromatic nitrogens is 4. The third-order valence-corrected chi connectivity index (χ3v) is 13.1. The van der Waals surface area contributed by atoms with Crippen LogP contribution in [-0.4, -0.2) is 19.1 Å². The second-order valence-corrected chi connectivity index (χ2v) is 16.5. The molecule has 4 aromatic heterocycles. The minimum Gasteiger partial charge on any atom is -0.456 e. The molecular formula is C58H34N4O. The van der Waals surface area contributed by atoms with E-state index < -0.39 is 0 Å². The minimum absolute atomic E-state index is 0.681. The number of hydrogen-bond acceptors (Lipinski definition) is 3. The molecule has 0 radical (unpaired) electrons. The molecule has 0 unspecified atom stereocenters. The number of benzene rings is 10. The lowest BCUT2D eigenvalue weighted by Gasteiger charge is -2.16. The molecular weight excluding hydrogens is 769 g/mol. The molecule has 0 saturated carbocycles. The topological polar surface area (TPSA) is 48.8 Å². The van der Waals surface area contributed by atoms with Crippen molar-refractivity contribution in [2.45, 2.75) is 0 Å². The summed E-state index contributed by atoms with van der Waals surface area (Å²) in [7, 11) is 0. The predicted octanol–water partition coefficient (Wildman–Crippen LogP) is 15.4. The molecule has 0 aliphatic heterocycles. The lowest BCUT2D eigenvalue weighted by Crippen LogP contribution is -1.99. The van der Waals surface area contributed by atoms with Gasteiger partial charge in [-0.2, -0.15) is 0 Å². The van der Waals surface area contributed by atoms with E-state index in [2.05, 4.69) is 197 Å². The normalized spacial score (nSPS) is 12.1. The molecule has 0 amide bonds. The highest BCUT2D eigenvalue weighted by molar-refractivity contribution is 6.18. The number of nitrogens with zero attached hydrogens (tertiary/aromatic N) is 4. The average Bonchev–Trinajstić information content (AvgIpc) is 4.00. The van der Waals surface area contributed by atoms with Crippen LogP contribution in [0.15, 0.2) is 211 Å². The Morgan fingerprint density at radius 3 is 1.65 bits per heavy atom. The summed E-state index contributed by atoms with van der Waals surface area (Å²) in [4.78, 5) is 10.7. The summed E-state index contributed by atoms with van der Waals surface area (Å²) in [6.07, 6.45) is 0. The third-order valence-electron chi connectivity index (χ3n) is 13.1. The van der Waals surface area contributed by atoms with Crippen molar-refractivity contribution in [2.24, 2.45) is 0 Å². The van der Waals surface area contributed by atoms with Crippen molar-refractivity contribution >= 4 is 98.0 Å². The van der Waals surface area contributed by atoms with Crippen molar-refractivity contribution in [3.8, 4) is 34.0 Å². The molecule has 0 aliphatic rings. The maximum atomic E-state index is 6.34. The quantitative estimate of drug-likeness (QED) is 0.178. The molecule has 0 N–H and O–H groups in total. The van der Waals surface area contributed by atoms with Gasteiger partial charge in [0.2, 0.25) is 0 Å². The van der Waals surface area contributed by atoms with Crippen LogP contribution in [-0.2, 0) is 0 Å². The Bertz CT molecular complexity index is 4170. The standard InChI is InChI=1S/C58H34N4O/c1-6-25-47-42(19-1)57(44-24-14-32-55-56(44)43-20-5-10-31-54(43)63-55)60-58(59-47)41-23-12-22-37-36(41)21-13-30-51(37)62-50-28-9-4-18-40(50)46-33-35-15-11-29-52(45(35)34-53(46)62)61-48-26-7-2-16-38(48)39-17-3-8-27-49(39)61/h1-34H. The van der Waals surface area contributed by atoms with Crippen molar-refractivity contribution in [3.63, 3.8) is 0 Å². The summed E-state index contributed by atoms with van der Waals surface area (Å²) in [5.41, 5.74) is 12.4. The molecule has 0 bridgehead atoms. The van der Waals surface area contributed by atoms with E-state index in [0.717, 1.165) is 82.8 Å². The highest BCUT2D eigenvalue weighted by Gasteiger charge is 2.21. The van der Waals surface area contributed by atoms with Gasteiger partial charge in [-0.3, -0.25) is 0 Å². The lowest BCUT2D eigenvalue weighted by molar-refractivity contribution is 0.669. The van der Waals surface area contributed by atoms with Gasteiger partial charge in [0, 0.05) is 59.6 Å². The highest BCUT2D eigenvalue weighted by atomic mass is 16.3. The highest BCUT2D eigenvalue weighted by Crippen LogP contribution is 2.43. The summed E-state index contributed by atoms with van der Waals surface area (Å²) in [5.74, 6) is 0.681. The molecule has 0 fully saturated rings. The Hall–Kier alpha value is -8.54. The maximum Gasteiger partial charge on any atom is 0.161 e. The molecule has 5 nitrogen and oxygen atoms in total. The molecule has 0 aliphatic carbocycles. The first-order chi connectivity index (χ1) is 31.3. The smallest absolute Gasteiger partial charge is 0.161 e. The first kappa shape index (κ1) is 34.2. The Morgan fingerprint density at radius 2 is 0.873 bits per heavy atom. The van der Waals surface area contributed by atoms with Gasteiger partial charge in [0.1, 0.15) is 11.2 Å². The van der Waals surface area contributed by atoms with Gasteiger partial charge < -0.3 is 13.6 Å². The number of hydrogen-bond donors (Lipinski definition) is 0. The number of fused-ring (bicyclic) bond motifs is 12. The van der Waals surface area contributed by atoms with Gasteiger partial charge in [-0.15, -0.1) is 0 Å². The fourth-order valence-corrected chi connectivity index (χ4v) is 10.4. The van der Waals surface area contributed by atoms with Crippen molar-refractivity contribution in [3.05, 3.63) is 206 Å². The molecule has 4 heterocycles. The number of rotatable bonds is 4. The van der Waals surface area contributed by atoms with Crippen LogP contribution >= 0.6 is 0 Å². The van der Waals surface area contributed by atoms with Crippen molar-refractivity contribution in [1.82, 2.24) is 19.1 Å². The zero-order chi connectivity index (χ0) is 41.2. The van der Waals surface area contributed by atoms with E-state index in [9.17, 15) is 0 Å². The number of para-hydroxylation sites is 5. The Labute approximate surface area is 360 Å². The second kappa shape index (κ2) is 13.0. The van der Waals surface area contributed by atoms with E-state index in [-0.39, 0.29) is 0 Å². The first-order valence-corrected chi connectivity index (χ1v) is 21.4. The van der Waals surface area contributed by atoms with Crippen molar-refractivity contribution in [1.29, 1.82) is 0 Å². The molecule has 14 rings (SSSR count). The van der Waals surface area contributed by atoms with E-state index in [4.69, 9.17) is 14.4 Å². The molecule has 292 valence electrons. The molecule has 0 spiro atoms. The van der Waals surface area contributed by atoms with E-state index in [1.54, 1.807) is 0 Å². The van der Waals surface area contributed by atoms with Gasteiger partial charge in [-0.05, 0) is 71.4 Å². The van der Waals surface area contributed by atoms with E-state index in [1.807, 2.05) is 18.2 Å². The van der Waals surface area contributed by atoms with Crippen LogP contribution in [0.1, 0.15) is 0 Å². The summed E-state index contributed by atoms with van der Waals surface area (Å²) in [6, 6.07) is 73.7. The van der Waals surface area contributed by atoms with Gasteiger partial charge in [0.15, 0.2) is 5.82 Å². The molecule has 0 saturated heterocycles. The molecule has 0 atom stereocenters. The Kier molecular flexibility index (Phi) is 7.05. The molecule has 5 heteroatoms. The number of furan rings is 1. The van der Waals surface area contributed by atoms with Crippen molar-refractivity contribution < 1.29 is 4.42 Å². The largest absolute Gasteiger partial charge is 0.456 e. The molecule has 10 aromatic carbocycles. The fraction of sp³-hybridized carbons (Fsp3) is 0. The summed E-state index contributed by atoms with van der Waals surface area (Å²) in [6.45, 7) is 0. The van der Waals surface area contributed by atoms with E-state index in [1.165, 1.54) is 43.4 Å². The van der Waals surface area contributed by atoms with Crippen LogP contribution in [0.25, 0.3) is 132 Å². The van der Waals surface area contributed by atoms with Crippen LogP contribution < -0.4 is 0 Å².